The van der Waals surface area contributed by atoms with Gasteiger partial charge in [0.15, 0.2) is 0 Å². The van der Waals surface area contributed by atoms with Gasteiger partial charge in [0.1, 0.15) is 0 Å². The van der Waals surface area contributed by atoms with Crippen molar-refractivity contribution in [2.45, 2.75) is 6.42 Å². The Morgan fingerprint density at radius 3 is 2.43 bits per heavy atom. The number of rotatable bonds is 6. The molecule has 2 N–H and O–H groups in total. The summed E-state index contributed by atoms with van der Waals surface area (Å²) in [6.07, 6.45) is 0.618. The van der Waals surface area contributed by atoms with Gasteiger partial charge in [-0.3, -0.25) is 9.59 Å². The van der Waals surface area contributed by atoms with Crippen LogP contribution in [0.1, 0.15) is 6.42 Å². The number of halogens is 1. The number of likely N-dealkylation sites (N-methyl/N-ethyl adjacent to an activating group) is 1. The van der Waals surface area contributed by atoms with E-state index in [1.165, 1.54) is 0 Å². The van der Waals surface area contributed by atoms with Gasteiger partial charge in [0.05, 0.1) is 11.8 Å². The van der Waals surface area contributed by atoms with Crippen LogP contribution in [0.5, 0.6) is 0 Å². The zero-order valence-electron chi connectivity index (χ0n) is 12.2. The first-order valence-corrected chi connectivity index (χ1v) is 7.34. The molecule has 21 heavy (non-hydrogen) atoms. The fourth-order valence-corrected chi connectivity index (χ4v) is 2.20. The average molecular weight is 310 g/mol. The number of hydrogen-bond acceptors (Lipinski definition) is 3. The minimum absolute atomic E-state index is 0.0342. The molecule has 1 saturated carbocycles. The molecule has 1 aliphatic carbocycles. The summed E-state index contributed by atoms with van der Waals surface area (Å²) in [5.74, 6) is -0.558. The Bertz CT molecular complexity index is 516. The smallest absolute Gasteiger partial charge is 0.228 e. The van der Waals surface area contributed by atoms with Crippen molar-refractivity contribution in [1.82, 2.24) is 10.2 Å². The van der Waals surface area contributed by atoms with Crippen LogP contribution >= 0.6 is 11.6 Å². The van der Waals surface area contributed by atoms with Gasteiger partial charge >= 0.3 is 0 Å². The topological polar surface area (TPSA) is 61.4 Å². The maximum absolute atomic E-state index is 12.0. The predicted octanol–water partition coefficient (Wildman–Crippen LogP) is 1.59. The van der Waals surface area contributed by atoms with Gasteiger partial charge in [-0.1, -0.05) is 11.6 Å². The summed E-state index contributed by atoms with van der Waals surface area (Å²) < 4.78 is 0. The molecule has 1 aromatic rings. The number of carbonyl (C=O) groups is 2. The summed E-state index contributed by atoms with van der Waals surface area (Å²) >= 11 is 5.79. The summed E-state index contributed by atoms with van der Waals surface area (Å²) in [4.78, 5) is 25.9. The molecule has 2 amide bonds. The van der Waals surface area contributed by atoms with E-state index < -0.39 is 0 Å². The van der Waals surface area contributed by atoms with Crippen LogP contribution in [0, 0.1) is 11.8 Å². The Morgan fingerprint density at radius 2 is 1.81 bits per heavy atom. The van der Waals surface area contributed by atoms with Gasteiger partial charge in [0.2, 0.25) is 11.8 Å². The Labute approximate surface area is 129 Å². The van der Waals surface area contributed by atoms with Crippen LogP contribution in [-0.2, 0) is 9.59 Å². The van der Waals surface area contributed by atoms with Crippen molar-refractivity contribution < 1.29 is 9.59 Å². The first-order valence-electron chi connectivity index (χ1n) is 6.96. The first-order chi connectivity index (χ1) is 9.97. The van der Waals surface area contributed by atoms with Gasteiger partial charge in [-0.05, 0) is 44.8 Å². The van der Waals surface area contributed by atoms with Gasteiger partial charge in [0.25, 0.3) is 0 Å². The van der Waals surface area contributed by atoms with Crippen LogP contribution in [-0.4, -0.2) is 43.9 Å². The Morgan fingerprint density at radius 1 is 1.19 bits per heavy atom. The van der Waals surface area contributed by atoms with Crippen LogP contribution in [0.4, 0.5) is 5.69 Å². The largest absolute Gasteiger partial charge is 0.355 e. The van der Waals surface area contributed by atoms with Gasteiger partial charge in [-0.2, -0.15) is 0 Å². The van der Waals surface area contributed by atoms with Crippen LogP contribution < -0.4 is 10.6 Å². The lowest BCUT2D eigenvalue weighted by Gasteiger charge is -2.10. The molecule has 0 bridgehead atoms. The Kier molecular flexibility index (Phi) is 5.20. The number of nitrogens with zero attached hydrogens (tertiary/aromatic N) is 1. The molecule has 5 nitrogen and oxygen atoms in total. The van der Waals surface area contributed by atoms with E-state index in [9.17, 15) is 9.59 Å². The molecule has 0 spiro atoms. The molecule has 2 rings (SSSR count). The van der Waals surface area contributed by atoms with Gasteiger partial charge in [-0.25, -0.2) is 0 Å². The maximum Gasteiger partial charge on any atom is 0.228 e. The molecule has 1 fully saturated rings. The molecule has 1 aromatic carbocycles. The highest BCUT2D eigenvalue weighted by atomic mass is 35.5. The second-order valence-corrected chi connectivity index (χ2v) is 5.98. The van der Waals surface area contributed by atoms with Crippen molar-refractivity contribution in [3.63, 3.8) is 0 Å². The van der Waals surface area contributed by atoms with Crippen LogP contribution in [0.25, 0.3) is 0 Å². The number of benzene rings is 1. The molecule has 0 aromatic heterocycles. The Balaban J connectivity index is 1.75. The number of amides is 2. The molecule has 0 heterocycles. The van der Waals surface area contributed by atoms with E-state index >= 15 is 0 Å². The van der Waals surface area contributed by atoms with Crippen molar-refractivity contribution in [3.8, 4) is 0 Å². The van der Waals surface area contributed by atoms with E-state index in [1.54, 1.807) is 24.3 Å². The van der Waals surface area contributed by atoms with Crippen molar-refractivity contribution in [2.75, 3.05) is 32.5 Å². The summed E-state index contributed by atoms with van der Waals surface area (Å²) in [5, 5.41) is 6.28. The quantitative estimate of drug-likeness (QED) is 0.839. The third-order valence-electron chi connectivity index (χ3n) is 3.43. The molecule has 0 radical (unpaired) electrons. The highest BCUT2D eigenvalue weighted by Crippen LogP contribution is 2.39. The van der Waals surface area contributed by atoms with Crippen LogP contribution in [0.3, 0.4) is 0 Å². The third-order valence-corrected chi connectivity index (χ3v) is 3.69. The summed E-state index contributed by atoms with van der Waals surface area (Å²) in [7, 11) is 3.90. The maximum atomic E-state index is 12.0. The highest BCUT2D eigenvalue weighted by Gasteiger charge is 2.47. The van der Waals surface area contributed by atoms with E-state index in [0.29, 0.717) is 23.7 Å². The molecule has 0 aliphatic heterocycles. The molecular weight excluding hydrogens is 290 g/mol. The average Bonchev–Trinajstić information content (AvgIpc) is 3.21. The van der Waals surface area contributed by atoms with Crippen molar-refractivity contribution in [3.05, 3.63) is 29.3 Å². The summed E-state index contributed by atoms with van der Waals surface area (Å²) in [6, 6.07) is 6.93. The van der Waals surface area contributed by atoms with Gasteiger partial charge in [-0.15, -0.1) is 0 Å². The van der Waals surface area contributed by atoms with E-state index in [0.717, 1.165) is 6.54 Å². The minimum atomic E-state index is -0.222. The monoisotopic (exact) mass is 309 g/mol. The zero-order valence-corrected chi connectivity index (χ0v) is 13.0. The fourth-order valence-electron chi connectivity index (χ4n) is 2.08. The summed E-state index contributed by atoms with van der Waals surface area (Å²) in [5.41, 5.74) is 0.697. The molecule has 0 saturated heterocycles. The predicted molar refractivity (Wildman–Crippen MR) is 83.2 cm³/mol. The molecule has 114 valence electrons. The minimum Gasteiger partial charge on any atom is -0.355 e. The lowest BCUT2D eigenvalue weighted by Crippen LogP contribution is -2.33. The first kappa shape index (κ1) is 15.8. The van der Waals surface area contributed by atoms with E-state index in [2.05, 4.69) is 10.6 Å². The standard InChI is InChI=1S/C15H20ClN3O2/c1-19(2)8-7-17-14(20)12-9-13(12)15(21)18-11-5-3-10(16)4-6-11/h3-6,12-13H,7-9H2,1-2H3,(H,17,20)(H,18,21). The molecular formula is C15H20ClN3O2. The molecule has 1 aliphatic rings. The zero-order chi connectivity index (χ0) is 15.4. The molecule has 6 heteroatoms. The lowest BCUT2D eigenvalue weighted by atomic mass is 10.2. The number of anilines is 1. The molecule has 2 unspecified atom stereocenters. The van der Waals surface area contributed by atoms with Crippen molar-refractivity contribution in [2.24, 2.45) is 11.8 Å². The molecule has 2 atom stereocenters. The SMILES string of the molecule is CN(C)CCNC(=O)C1CC1C(=O)Nc1ccc(Cl)cc1. The number of hydrogen-bond donors (Lipinski definition) is 2. The van der Waals surface area contributed by atoms with Crippen LogP contribution in [0.15, 0.2) is 24.3 Å². The van der Waals surface area contributed by atoms with Gasteiger partial charge in [0, 0.05) is 23.8 Å². The van der Waals surface area contributed by atoms with E-state index in [1.807, 2.05) is 19.0 Å². The lowest BCUT2D eigenvalue weighted by molar-refractivity contribution is -0.125. The fraction of sp³-hybridized carbons (Fsp3) is 0.467. The van der Waals surface area contributed by atoms with E-state index in [-0.39, 0.29) is 23.7 Å². The summed E-state index contributed by atoms with van der Waals surface area (Å²) in [6.45, 7) is 1.40. The normalized spacial score (nSPS) is 20.2. The number of carbonyl (C=O) groups excluding carboxylic acids is 2. The van der Waals surface area contributed by atoms with Crippen LogP contribution in [0.2, 0.25) is 5.02 Å². The second kappa shape index (κ2) is 6.91. The van der Waals surface area contributed by atoms with Gasteiger partial charge < -0.3 is 15.5 Å². The van der Waals surface area contributed by atoms with E-state index in [4.69, 9.17) is 11.6 Å². The van der Waals surface area contributed by atoms with Crippen molar-refractivity contribution in [1.29, 1.82) is 0 Å². The second-order valence-electron chi connectivity index (χ2n) is 5.54. The van der Waals surface area contributed by atoms with Crippen molar-refractivity contribution >= 4 is 29.1 Å². The third kappa shape index (κ3) is 4.72. The highest BCUT2D eigenvalue weighted by molar-refractivity contribution is 6.30. The number of nitrogens with one attached hydrogen (secondary N) is 2. The Hall–Kier alpha value is -1.59.